The van der Waals surface area contributed by atoms with Crippen LogP contribution in [-0.4, -0.2) is 65.8 Å². The van der Waals surface area contributed by atoms with Crippen LogP contribution in [0.3, 0.4) is 0 Å². The molecule has 234 valence electrons. The average molecular weight is 620 g/mol. The number of carboxylic acid groups (broad SMARTS) is 1. The van der Waals surface area contributed by atoms with Crippen LogP contribution in [0.2, 0.25) is 0 Å². The van der Waals surface area contributed by atoms with Crippen molar-refractivity contribution >= 4 is 50.0 Å². The summed E-state index contributed by atoms with van der Waals surface area (Å²) in [6.07, 6.45) is 5.12. The molecule has 2 aromatic carbocycles. The summed E-state index contributed by atoms with van der Waals surface area (Å²) in [4.78, 5) is 40.5. The standard InChI is InChI=1S/C34H41N3O6S/c38-32-15-13-26-12-14-27(24-30(26)37(32)25-43-34(41)11-4-2-1-3-10-33(39)40)42-22-6-5-17-35-18-20-36(21-19-35)29-8-7-9-31-28(29)16-23-44-31/h7-9,12-16,23-24H,1-6,10-11,17-22,25H2,(H,39,40). The van der Waals surface area contributed by atoms with E-state index in [-0.39, 0.29) is 31.1 Å². The summed E-state index contributed by atoms with van der Waals surface area (Å²) in [7, 11) is 0. The van der Waals surface area contributed by atoms with Gasteiger partial charge in [-0.1, -0.05) is 18.9 Å². The smallest absolute Gasteiger partial charge is 0.307 e. The summed E-state index contributed by atoms with van der Waals surface area (Å²) in [5, 5.41) is 13.1. The first-order valence-electron chi connectivity index (χ1n) is 15.6. The molecule has 0 radical (unpaired) electrons. The van der Waals surface area contributed by atoms with Crippen LogP contribution in [0.1, 0.15) is 51.4 Å². The van der Waals surface area contributed by atoms with E-state index in [0.29, 0.717) is 30.7 Å². The van der Waals surface area contributed by atoms with Crippen molar-refractivity contribution in [2.45, 2.75) is 58.1 Å². The van der Waals surface area contributed by atoms with E-state index in [4.69, 9.17) is 14.6 Å². The number of fused-ring (bicyclic) bond motifs is 2. The summed E-state index contributed by atoms with van der Waals surface area (Å²) in [5.74, 6) is -0.496. The molecule has 9 nitrogen and oxygen atoms in total. The van der Waals surface area contributed by atoms with Gasteiger partial charge in [0.15, 0.2) is 6.73 Å². The quantitative estimate of drug-likeness (QED) is 0.118. The van der Waals surface area contributed by atoms with Crippen molar-refractivity contribution in [1.82, 2.24) is 9.47 Å². The van der Waals surface area contributed by atoms with Gasteiger partial charge in [-0.05, 0) is 79.4 Å². The van der Waals surface area contributed by atoms with Crippen LogP contribution < -0.4 is 15.2 Å². The van der Waals surface area contributed by atoms with Crippen molar-refractivity contribution in [3.63, 3.8) is 0 Å². The van der Waals surface area contributed by atoms with E-state index in [1.807, 2.05) is 18.2 Å². The van der Waals surface area contributed by atoms with Gasteiger partial charge in [-0.2, -0.15) is 0 Å². The highest BCUT2D eigenvalue weighted by molar-refractivity contribution is 7.17. The normalized spacial score (nSPS) is 13.9. The molecular weight excluding hydrogens is 578 g/mol. The lowest BCUT2D eigenvalue weighted by molar-refractivity contribution is -0.147. The fraction of sp³-hybridized carbons (Fsp3) is 0.441. The number of carbonyl (C=O) groups excluding carboxylic acids is 1. The zero-order valence-electron chi connectivity index (χ0n) is 25.1. The van der Waals surface area contributed by atoms with Crippen molar-refractivity contribution < 1.29 is 24.2 Å². The lowest BCUT2D eigenvalue weighted by Gasteiger charge is -2.36. The molecule has 1 aliphatic heterocycles. The summed E-state index contributed by atoms with van der Waals surface area (Å²) in [6, 6.07) is 17.7. The van der Waals surface area contributed by atoms with Crippen LogP contribution in [0.25, 0.3) is 21.0 Å². The van der Waals surface area contributed by atoms with Crippen molar-refractivity contribution in [3.8, 4) is 5.75 Å². The van der Waals surface area contributed by atoms with Gasteiger partial charge in [-0.15, -0.1) is 11.3 Å². The number of hydrogen-bond acceptors (Lipinski definition) is 8. The lowest BCUT2D eigenvalue weighted by Crippen LogP contribution is -2.46. The van der Waals surface area contributed by atoms with Gasteiger partial charge in [0.05, 0.1) is 12.1 Å². The largest absolute Gasteiger partial charge is 0.494 e. The number of carbonyl (C=O) groups is 2. The van der Waals surface area contributed by atoms with Crippen LogP contribution in [-0.2, 0) is 21.1 Å². The highest BCUT2D eigenvalue weighted by Gasteiger charge is 2.18. The molecule has 44 heavy (non-hydrogen) atoms. The van der Waals surface area contributed by atoms with Crippen molar-refractivity contribution in [2.75, 3.05) is 44.2 Å². The average Bonchev–Trinajstić information content (AvgIpc) is 3.52. The summed E-state index contributed by atoms with van der Waals surface area (Å²) in [6.45, 7) is 5.66. The Kier molecular flexibility index (Phi) is 11.3. The van der Waals surface area contributed by atoms with Crippen molar-refractivity contribution in [1.29, 1.82) is 0 Å². The monoisotopic (exact) mass is 619 g/mol. The summed E-state index contributed by atoms with van der Waals surface area (Å²) < 4.78 is 14.2. The Bertz CT molecular complexity index is 1610. The molecule has 0 atom stereocenters. The second kappa shape index (κ2) is 15.7. The maximum absolute atomic E-state index is 12.6. The van der Waals surface area contributed by atoms with E-state index >= 15 is 0 Å². The van der Waals surface area contributed by atoms with Gasteiger partial charge in [0.2, 0.25) is 0 Å². The zero-order chi connectivity index (χ0) is 30.7. The molecule has 10 heteroatoms. The molecule has 1 aliphatic rings. The Morgan fingerprint density at radius 3 is 2.48 bits per heavy atom. The Balaban J connectivity index is 1.03. The van der Waals surface area contributed by atoms with Crippen LogP contribution in [0.5, 0.6) is 5.75 Å². The van der Waals surface area contributed by atoms with Crippen LogP contribution >= 0.6 is 11.3 Å². The number of pyridine rings is 1. The van der Waals surface area contributed by atoms with Gasteiger partial charge >= 0.3 is 11.9 Å². The predicted octanol–water partition coefficient (Wildman–Crippen LogP) is 6.12. The summed E-state index contributed by atoms with van der Waals surface area (Å²) >= 11 is 1.80. The first-order chi connectivity index (χ1) is 21.5. The van der Waals surface area contributed by atoms with Gasteiger partial charge in [0.25, 0.3) is 5.56 Å². The van der Waals surface area contributed by atoms with E-state index in [9.17, 15) is 14.4 Å². The number of benzene rings is 2. The molecule has 0 amide bonds. The third kappa shape index (κ3) is 8.60. The number of piperazine rings is 1. The Morgan fingerprint density at radius 2 is 1.66 bits per heavy atom. The van der Waals surface area contributed by atoms with Gasteiger partial charge in [-0.3, -0.25) is 23.9 Å². The number of rotatable bonds is 16. The molecule has 0 unspecified atom stereocenters. The molecule has 0 bridgehead atoms. The number of unbranched alkanes of at least 4 members (excludes halogenated alkanes) is 4. The molecule has 4 aromatic rings. The fourth-order valence-electron chi connectivity index (χ4n) is 5.69. The topological polar surface area (TPSA) is 101 Å². The molecule has 1 saturated heterocycles. The van der Waals surface area contributed by atoms with E-state index in [1.54, 1.807) is 17.4 Å². The highest BCUT2D eigenvalue weighted by atomic mass is 32.1. The number of carboxylic acids is 1. The van der Waals surface area contributed by atoms with Gasteiger partial charge < -0.3 is 19.5 Å². The maximum atomic E-state index is 12.6. The number of thiophene rings is 1. The molecule has 5 rings (SSSR count). The van der Waals surface area contributed by atoms with Gasteiger partial charge in [0, 0.05) is 66.9 Å². The SMILES string of the molecule is O=C(O)CCCCCCC(=O)OCn1c(=O)ccc2ccc(OCCCCN3CCN(c4cccc5sccc45)CC3)cc21. The highest BCUT2D eigenvalue weighted by Crippen LogP contribution is 2.31. The third-order valence-corrected chi connectivity index (χ3v) is 9.05. The fourth-order valence-corrected chi connectivity index (χ4v) is 6.50. The first kappa shape index (κ1) is 31.5. The van der Waals surface area contributed by atoms with E-state index < -0.39 is 5.97 Å². The second-order valence-electron chi connectivity index (χ2n) is 11.3. The van der Waals surface area contributed by atoms with Crippen LogP contribution in [0.15, 0.2) is 64.8 Å². The first-order valence-corrected chi connectivity index (χ1v) is 16.4. The molecule has 1 N–H and O–H groups in total. The Morgan fingerprint density at radius 1 is 0.864 bits per heavy atom. The molecule has 0 spiro atoms. The van der Waals surface area contributed by atoms with E-state index in [2.05, 4.69) is 39.4 Å². The minimum absolute atomic E-state index is 0.145. The predicted molar refractivity (Wildman–Crippen MR) is 175 cm³/mol. The molecule has 0 saturated carbocycles. The van der Waals surface area contributed by atoms with Crippen molar-refractivity contribution in [3.05, 3.63) is 70.3 Å². The minimum Gasteiger partial charge on any atom is -0.494 e. The zero-order valence-corrected chi connectivity index (χ0v) is 25.9. The molecule has 3 heterocycles. The molecule has 0 aliphatic carbocycles. The number of nitrogens with zero attached hydrogens (tertiary/aromatic N) is 3. The number of esters is 1. The molecule has 1 fully saturated rings. The Hall–Kier alpha value is -3.89. The van der Waals surface area contributed by atoms with Gasteiger partial charge in [-0.25, -0.2) is 0 Å². The number of ether oxygens (including phenoxy) is 2. The maximum Gasteiger partial charge on any atom is 0.307 e. The van der Waals surface area contributed by atoms with Crippen LogP contribution in [0, 0.1) is 0 Å². The van der Waals surface area contributed by atoms with Crippen molar-refractivity contribution in [2.24, 2.45) is 0 Å². The number of aliphatic carboxylic acids is 1. The lowest BCUT2D eigenvalue weighted by atomic mass is 10.1. The van der Waals surface area contributed by atoms with E-state index in [1.165, 1.54) is 26.4 Å². The van der Waals surface area contributed by atoms with Crippen LogP contribution in [0.4, 0.5) is 5.69 Å². The summed E-state index contributed by atoms with van der Waals surface area (Å²) in [5.41, 5.74) is 1.76. The minimum atomic E-state index is -0.803. The Labute approximate surface area is 261 Å². The van der Waals surface area contributed by atoms with E-state index in [0.717, 1.165) is 63.8 Å². The number of hydrogen-bond donors (Lipinski definition) is 1. The molecule has 2 aromatic heterocycles. The second-order valence-corrected chi connectivity index (χ2v) is 12.2. The van der Waals surface area contributed by atoms with Gasteiger partial charge in [0.1, 0.15) is 5.75 Å². The number of aromatic nitrogens is 1. The third-order valence-electron chi connectivity index (χ3n) is 8.16. The number of anilines is 1. The molecular formula is C34H41N3O6S.